The minimum absolute atomic E-state index is 0.165. The van der Waals surface area contributed by atoms with E-state index >= 15 is 0 Å². The van der Waals surface area contributed by atoms with Crippen LogP contribution < -0.4 is 5.73 Å². The number of piperidine rings is 3. The SMILES string of the molecule is NC(=O)CC12CC[N+](CCCCCCC[C@H](C(=O)O)[C@H](Cc3ccccc3)C(=O)O)(CC1)CC2. The van der Waals surface area contributed by atoms with Crippen LogP contribution in [0.2, 0.25) is 0 Å². The van der Waals surface area contributed by atoms with E-state index in [1.807, 2.05) is 30.3 Å². The molecule has 3 saturated heterocycles. The molecule has 3 fully saturated rings. The zero-order valence-electron chi connectivity index (χ0n) is 20.3. The number of carbonyl (C=O) groups is 3. The summed E-state index contributed by atoms with van der Waals surface area (Å²) in [5, 5.41) is 19.4. The van der Waals surface area contributed by atoms with Crippen molar-refractivity contribution in [2.24, 2.45) is 23.0 Å². The number of hydrogen-bond donors (Lipinski definition) is 3. The molecule has 2 atom stereocenters. The van der Waals surface area contributed by atoms with Gasteiger partial charge in [0.1, 0.15) is 0 Å². The maximum absolute atomic E-state index is 11.8. The summed E-state index contributed by atoms with van der Waals surface area (Å²) in [4.78, 5) is 35.1. The van der Waals surface area contributed by atoms with E-state index in [-0.39, 0.29) is 17.7 Å². The first-order chi connectivity index (χ1) is 16.2. The summed E-state index contributed by atoms with van der Waals surface area (Å²) in [5.74, 6) is -3.98. The third kappa shape index (κ3) is 7.05. The Morgan fingerprint density at radius 2 is 1.41 bits per heavy atom. The van der Waals surface area contributed by atoms with Crippen molar-refractivity contribution in [2.45, 2.75) is 70.6 Å². The molecule has 3 aliphatic rings. The average molecular weight is 474 g/mol. The molecule has 7 heteroatoms. The Hall–Kier alpha value is -2.41. The number of carboxylic acid groups (broad SMARTS) is 2. The van der Waals surface area contributed by atoms with Crippen LogP contribution in [0.1, 0.15) is 69.8 Å². The third-order valence-electron chi connectivity index (χ3n) is 8.46. The zero-order valence-corrected chi connectivity index (χ0v) is 20.3. The minimum Gasteiger partial charge on any atom is -0.481 e. The van der Waals surface area contributed by atoms with E-state index in [2.05, 4.69) is 0 Å². The fourth-order valence-electron chi connectivity index (χ4n) is 6.21. The second kappa shape index (κ2) is 11.8. The molecule has 7 nitrogen and oxygen atoms in total. The number of quaternary nitrogens is 1. The zero-order chi connectivity index (χ0) is 24.6. The molecule has 34 heavy (non-hydrogen) atoms. The fraction of sp³-hybridized carbons (Fsp3) is 0.667. The number of fused-ring (bicyclic) bond motifs is 3. The van der Waals surface area contributed by atoms with Crippen LogP contribution in [0.25, 0.3) is 0 Å². The average Bonchev–Trinajstić information content (AvgIpc) is 2.81. The lowest BCUT2D eigenvalue weighted by atomic mass is 9.68. The molecule has 1 aromatic rings. The molecule has 3 aliphatic heterocycles. The van der Waals surface area contributed by atoms with Gasteiger partial charge in [0.25, 0.3) is 0 Å². The molecule has 0 spiro atoms. The van der Waals surface area contributed by atoms with Crippen molar-refractivity contribution < 1.29 is 29.1 Å². The van der Waals surface area contributed by atoms with Crippen LogP contribution >= 0.6 is 0 Å². The molecule has 4 N–H and O–H groups in total. The van der Waals surface area contributed by atoms with E-state index in [1.54, 1.807) is 0 Å². The first kappa shape index (κ1) is 26.2. The van der Waals surface area contributed by atoms with Gasteiger partial charge in [0.2, 0.25) is 5.91 Å². The fourth-order valence-corrected chi connectivity index (χ4v) is 6.21. The van der Waals surface area contributed by atoms with E-state index in [0.29, 0.717) is 12.8 Å². The van der Waals surface area contributed by atoms with Crippen molar-refractivity contribution in [3.05, 3.63) is 35.9 Å². The molecular weight excluding hydrogens is 432 g/mol. The summed E-state index contributed by atoms with van der Waals surface area (Å²) < 4.78 is 1.18. The smallest absolute Gasteiger partial charge is 0.307 e. The monoisotopic (exact) mass is 473 g/mol. The lowest BCUT2D eigenvalue weighted by molar-refractivity contribution is -0.945. The Balaban J connectivity index is 1.36. The highest BCUT2D eigenvalue weighted by atomic mass is 16.4. The maximum atomic E-state index is 11.8. The molecule has 4 rings (SSSR count). The maximum Gasteiger partial charge on any atom is 0.307 e. The number of rotatable bonds is 15. The minimum atomic E-state index is -1.03. The van der Waals surface area contributed by atoms with Gasteiger partial charge in [-0.2, -0.15) is 0 Å². The Bertz CT molecular complexity index is 816. The van der Waals surface area contributed by atoms with E-state index < -0.39 is 23.8 Å². The van der Waals surface area contributed by atoms with E-state index in [1.165, 1.54) is 11.0 Å². The number of primary amides is 1. The van der Waals surface area contributed by atoms with E-state index in [0.717, 1.165) is 76.6 Å². The van der Waals surface area contributed by atoms with Gasteiger partial charge >= 0.3 is 11.9 Å². The molecular formula is C27H41N2O5+. The van der Waals surface area contributed by atoms with Gasteiger partial charge < -0.3 is 20.4 Å². The second-order valence-electron chi connectivity index (χ2n) is 10.8. The number of benzene rings is 1. The number of nitrogens with two attached hydrogens (primary N) is 1. The van der Waals surface area contributed by atoms with Gasteiger partial charge in [0.15, 0.2) is 0 Å². The van der Waals surface area contributed by atoms with Gasteiger partial charge in [0.05, 0.1) is 38.0 Å². The molecule has 0 aliphatic carbocycles. The molecule has 0 unspecified atom stereocenters. The Morgan fingerprint density at radius 1 is 0.853 bits per heavy atom. The number of amides is 1. The standard InChI is InChI=1S/C27H40N2O5/c28-24(30)20-27-12-16-29(17-13-27,18-14-27)15-8-3-1-2-7-11-22(25(31)32)23(26(33)34)19-21-9-5-4-6-10-21/h4-6,9-10,22-23H,1-3,7-8,11-20H2,(H3-,28,30,31,32,33,34)/p+1/t22-,23-,27?,29?/m0/s1. The molecule has 0 saturated carbocycles. The highest BCUT2D eigenvalue weighted by Crippen LogP contribution is 2.46. The summed E-state index contributed by atoms with van der Waals surface area (Å²) >= 11 is 0. The summed E-state index contributed by atoms with van der Waals surface area (Å²) in [6.45, 7) is 4.66. The number of unbranched alkanes of at least 4 members (excludes halogenated alkanes) is 4. The van der Waals surface area contributed by atoms with Crippen molar-refractivity contribution >= 4 is 17.8 Å². The number of aliphatic carboxylic acids is 2. The van der Waals surface area contributed by atoms with Crippen LogP contribution in [0.3, 0.4) is 0 Å². The summed E-state index contributed by atoms with van der Waals surface area (Å²) in [6, 6.07) is 9.26. The largest absolute Gasteiger partial charge is 0.481 e. The van der Waals surface area contributed by atoms with Crippen LogP contribution in [0.15, 0.2) is 30.3 Å². The quantitative estimate of drug-likeness (QED) is 0.264. The van der Waals surface area contributed by atoms with E-state index in [4.69, 9.17) is 5.73 Å². The van der Waals surface area contributed by atoms with Crippen LogP contribution in [-0.4, -0.2) is 58.7 Å². The lowest BCUT2D eigenvalue weighted by Crippen LogP contribution is -2.62. The van der Waals surface area contributed by atoms with Crippen molar-refractivity contribution in [3.8, 4) is 0 Å². The Labute approximate surface area is 202 Å². The second-order valence-corrected chi connectivity index (χ2v) is 10.8. The summed E-state index contributed by atoms with van der Waals surface area (Å²) in [5.41, 5.74) is 6.49. The molecule has 188 valence electrons. The van der Waals surface area contributed by atoms with Crippen LogP contribution in [0.5, 0.6) is 0 Å². The van der Waals surface area contributed by atoms with E-state index in [9.17, 15) is 24.6 Å². The van der Waals surface area contributed by atoms with Crippen LogP contribution in [-0.2, 0) is 20.8 Å². The van der Waals surface area contributed by atoms with Crippen molar-refractivity contribution in [2.75, 3.05) is 26.2 Å². The highest BCUT2D eigenvalue weighted by molar-refractivity contribution is 5.80. The molecule has 3 heterocycles. The lowest BCUT2D eigenvalue weighted by Gasteiger charge is -2.54. The normalized spacial score (nSPS) is 25.5. The van der Waals surface area contributed by atoms with Gasteiger partial charge in [-0.15, -0.1) is 0 Å². The van der Waals surface area contributed by atoms with Gasteiger partial charge in [-0.25, -0.2) is 0 Å². The van der Waals surface area contributed by atoms with Gasteiger partial charge in [-0.05, 0) is 36.7 Å². The predicted molar refractivity (Wildman–Crippen MR) is 130 cm³/mol. The number of hydrogen-bond acceptors (Lipinski definition) is 3. The first-order valence-electron chi connectivity index (χ1n) is 12.9. The first-order valence-corrected chi connectivity index (χ1v) is 12.9. The molecule has 0 aromatic heterocycles. The van der Waals surface area contributed by atoms with Gasteiger partial charge in [-0.3, -0.25) is 14.4 Å². The number of carbonyl (C=O) groups excluding carboxylic acids is 1. The topological polar surface area (TPSA) is 118 Å². The summed E-state index contributed by atoms with van der Waals surface area (Å²) in [7, 11) is 0. The Morgan fingerprint density at radius 3 is 1.97 bits per heavy atom. The van der Waals surface area contributed by atoms with Gasteiger partial charge in [0, 0.05) is 25.7 Å². The summed E-state index contributed by atoms with van der Waals surface area (Å²) in [6.07, 6.45) is 9.53. The molecule has 1 aromatic carbocycles. The molecule has 1 amide bonds. The van der Waals surface area contributed by atoms with Crippen LogP contribution in [0.4, 0.5) is 0 Å². The van der Waals surface area contributed by atoms with Crippen molar-refractivity contribution in [3.63, 3.8) is 0 Å². The molecule has 2 bridgehead atoms. The van der Waals surface area contributed by atoms with Crippen LogP contribution in [0, 0.1) is 17.3 Å². The van der Waals surface area contributed by atoms with Crippen molar-refractivity contribution in [1.29, 1.82) is 0 Å². The van der Waals surface area contributed by atoms with Gasteiger partial charge in [-0.1, -0.05) is 49.6 Å². The third-order valence-corrected chi connectivity index (χ3v) is 8.46. The Kier molecular flexibility index (Phi) is 9.11. The number of nitrogens with zero attached hydrogens (tertiary/aromatic N) is 1. The number of carboxylic acids is 2. The highest BCUT2D eigenvalue weighted by Gasteiger charge is 2.49. The van der Waals surface area contributed by atoms with Crippen molar-refractivity contribution in [1.82, 2.24) is 0 Å². The molecule has 0 radical (unpaired) electrons. The predicted octanol–water partition coefficient (Wildman–Crippen LogP) is 3.85.